The van der Waals surface area contributed by atoms with Gasteiger partial charge in [-0.15, -0.1) is 29.1 Å². The Morgan fingerprint density at radius 3 is 0.756 bits per heavy atom. The van der Waals surface area contributed by atoms with Gasteiger partial charge in [0.05, 0.1) is 12.3 Å². The predicted octanol–water partition coefficient (Wildman–Crippen LogP) is 25.0. The van der Waals surface area contributed by atoms with Crippen LogP contribution in [0.5, 0.6) is 0 Å². The Labute approximate surface area is 500 Å². The molecule has 78 heavy (non-hydrogen) atoms. The molecule has 0 aromatic heterocycles. The molecule has 2 N–H and O–H groups in total. The number of hydrogen-bond acceptors (Lipinski definition) is 3. The molecule has 0 aliphatic heterocycles. The summed E-state index contributed by atoms with van der Waals surface area (Å²) in [5.41, 5.74) is 0. The van der Waals surface area contributed by atoms with Gasteiger partial charge in [0.15, 0.2) is 0 Å². The van der Waals surface area contributed by atoms with Crippen molar-refractivity contribution in [1.82, 2.24) is 4.90 Å². The van der Waals surface area contributed by atoms with Crippen LogP contribution in [0, 0.1) is 17.8 Å². The lowest BCUT2D eigenvalue weighted by atomic mass is 9.96. The second-order valence-electron chi connectivity index (χ2n) is 25.1. The van der Waals surface area contributed by atoms with Crippen molar-refractivity contribution in [2.24, 2.45) is 5.92 Å². The second kappa shape index (κ2) is 65.7. The zero-order chi connectivity index (χ0) is 56.7. The van der Waals surface area contributed by atoms with Gasteiger partial charge in [0.2, 0.25) is 0 Å². The van der Waals surface area contributed by atoms with Gasteiger partial charge >= 0.3 is 5.97 Å². The minimum atomic E-state index is -1.01. The Morgan fingerprint density at radius 1 is 0.346 bits per heavy atom. The highest BCUT2D eigenvalue weighted by Gasteiger charge is 2.35. The smallest absolute Gasteiger partial charge is 0.304 e. The highest BCUT2D eigenvalue weighted by Crippen LogP contribution is 2.28. The number of aliphatic carboxylic acids is 1. The summed E-state index contributed by atoms with van der Waals surface area (Å²) < 4.78 is 0. The summed E-state index contributed by atoms with van der Waals surface area (Å²) in [5, 5.41) is 22.0. The lowest BCUT2D eigenvalue weighted by molar-refractivity contribution is -0.141. The molecule has 4 unspecified atom stereocenters. The van der Waals surface area contributed by atoms with E-state index in [1.165, 1.54) is 321 Å². The average Bonchev–Trinajstić information content (AvgIpc) is 3.45. The summed E-state index contributed by atoms with van der Waals surface area (Å²) in [7, 11) is 0. The van der Waals surface area contributed by atoms with Crippen molar-refractivity contribution in [2.45, 2.75) is 424 Å². The maximum atomic E-state index is 12.1. The standard InChI is InChI=1S/C72H139Cl2NO3/c1-4-7-10-13-16-18-20-22-24-26-28-30-32-34-36-38-40-42-44-46-48-50-52-54-57-60-63-69(66-73)75(72(78)68(65-71(76)77)62-59-56-15-12-9-6-3)70(67-74)64-61-58-55-53-51-49-47-45-43-41-39-37-35-33-31-29-27-25-23-21-19-17-14-11-8-5-2/h68-70,72,78H,4-58,60-61,63-67H2,1-3H3,(H,76,77). The summed E-state index contributed by atoms with van der Waals surface area (Å²) in [4.78, 5) is 14.3. The van der Waals surface area contributed by atoms with Crippen LogP contribution in [0.2, 0.25) is 0 Å². The van der Waals surface area contributed by atoms with Crippen molar-refractivity contribution in [2.75, 3.05) is 11.8 Å². The van der Waals surface area contributed by atoms with E-state index in [9.17, 15) is 15.0 Å². The number of hydrogen-bond donors (Lipinski definition) is 2. The van der Waals surface area contributed by atoms with Crippen LogP contribution in [-0.2, 0) is 4.79 Å². The molecular weight excluding hydrogens is 998 g/mol. The van der Waals surface area contributed by atoms with Crippen LogP contribution in [0.15, 0.2) is 0 Å². The van der Waals surface area contributed by atoms with Crippen molar-refractivity contribution >= 4 is 29.2 Å². The SMILES string of the molecule is CCCCCCC#CC(CC(=O)O)C(O)N(C(CCl)CCCCCCCCCCCCCCCCCCCCCCCCCCCC)C(CCl)CCCCCCCCCCCCCCCCCCCCCCCCCCCC. The molecule has 0 fully saturated rings. The molecule has 0 aliphatic carbocycles. The van der Waals surface area contributed by atoms with Crippen molar-refractivity contribution in [3.8, 4) is 11.8 Å². The van der Waals surface area contributed by atoms with Crippen LogP contribution < -0.4 is 0 Å². The second-order valence-corrected chi connectivity index (χ2v) is 25.7. The fourth-order valence-corrected chi connectivity index (χ4v) is 12.8. The third-order valence-electron chi connectivity index (χ3n) is 17.5. The first-order chi connectivity index (χ1) is 38.5. The van der Waals surface area contributed by atoms with Crippen molar-refractivity contribution < 1.29 is 15.0 Å². The maximum absolute atomic E-state index is 12.1. The normalized spacial score (nSPS) is 13.3. The van der Waals surface area contributed by atoms with Crippen molar-refractivity contribution in [3.05, 3.63) is 0 Å². The van der Waals surface area contributed by atoms with E-state index in [2.05, 4.69) is 37.5 Å². The van der Waals surface area contributed by atoms with Crippen LogP contribution in [-0.4, -0.2) is 51.2 Å². The molecule has 0 radical (unpaired) electrons. The minimum absolute atomic E-state index is 0.0634. The molecule has 0 saturated heterocycles. The lowest BCUT2D eigenvalue weighted by Crippen LogP contribution is -2.54. The molecule has 0 saturated carbocycles. The van der Waals surface area contributed by atoms with Crippen molar-refractivity contribution in [3.63, 3.8) is 0 Å². The number of rotatable bonds is 66. The number of aliphatic hydroxyl groups excluding tert-OH is 1. The molecule has 0 aliphatic rings. The molecule has 4 atom stereocenters. The first-order valence-corrected chi connectivity index (χ1v) is 36.8. The summed E-state index contributed by atoms with van der Waals surface area (Å²) >= 11 is 13.6. The largest absolute Gasteiger partial charge is 0.481 e. The summed E-state index contributed by atoms with van der Waals surface area (Å²) in [6.07, 6.45) is 78.0. The van der Waals surface area contributed by atoms with E-state index in [1.54, 1.807) is 0 Å². The van der Waals surface area contributed by atoms with Gasteiger partial charge in [-0.05, 0) is 19.3 Å². The molecule has 0 spiro atoms. The Bertz CT molecular complexity index is 1160. The Kier molecular flexibility index (Phi) is 65.3. The van der Waals surface area contributed by atoms with Gasteiger partial charge in [-0.3, -0.25) is 9.69 Å². The number of halogens is 2. The number of carbonyl (C=O) groups is 1. The molecule has 0 rings (SSSR count). The summed E-state index contributed by atoms with van der Waals surface area (Å²) in [6.45, 7) is 6.81. The van der Waals surface area contributed by atoms with Gasteiger partial charge in [-0.25, -0.2) is 0 Å². The van der Waals surface area contributed by atoms with E-state index in [-0.39, 0.29) is 18.5 Å². The first kappa shape index (κ1) is 77.5. The number of carboxylic acid groups (broad SMARTS) is 1. The van der Waals surface area contributed by atoms with Gasteiger partial charge < -0.3 is 10.2 Å². The number of carboxylic acids is 1. The molecule has 6 heteroatoms. The summed E-state index contributed by atoms with van der Waals surface area (Å²) in [5.74, 6) is 5.69. The molecule has 0 bridgehead atoms. The fraction of sp³-hybridized carbons (Fsp3) is 0.958. The zero-order valence-corrected chi connectivity index (χ0v) is 54.7. The minimum Gasteiger partial charge on any atom is -0.481 e. The van der Waals surface area contributed by atoms with Crippen LogP contribution >= 0.6 is 23.2 Å². The molecule has 464 valence electrons. The molecule has 0 amide bonds. The van der Waals surface area contributed by atoms with Crippen molar-refractivity contribution in [1.29, 1.82) is 0 Å². The molecule has 0 heterocycles. The third kappa shape index (κ3) is 54.8. The molecule has 4 nitrogen and oxygen atoms in total. The average molecular weight is 1140 g/mol. The highest BCUT2D eigenvalue weighted by atomic mass is 35.5. The van der Waals surface area contributed by atoms with Crippen LogP contribution in [0.3, 0.4) is 0 Å². The Hall–Kier alpha value is -0.470. The van der Waals surface area contributed by atoms with Gasteiger partial charge in [0.25, 0.3) is 0 Å². The van der Waals surface area contributed by atoms with E-state index >= 15 is 0 Å². The molecule has 0 aromatic carbocycles. The van der Waals surface area contributed by atoms with Crippen LogP contribution in [0.25, 0.3) is 0 Å². The lowest BCUT2D eigenvalue weighted by Gasteiger charge is -2.42. The Morgan fingerprint density at radius 2 is 0.551 bits per heavy atom. The molecule has 0 aromatic rings. The van der Waals surface area contributed by atoms with Crippen LogP contribution in [0.1, 0.15) is 406 Å². The number of alkyl halides is 2. The first-order valence-electron chi connectivity index (χ1n) is 35.7. The van der Waals surface area contributed by atoms with E-state index in [0.717, 1.165) is 57.8 Å². The van der Waals surface area contributed by atoms with Crippen LogP contribution in [0.4, 0.5) is 0 Å². The van der Waals surface area contributed by atoms with Gasteiger partial charge in [-0.1, -0.05) is 380 Å². The molecular formula is C72H139Cl2NO3. The van der Waals surface area contributed by atoms with Gasteiger partial charge in [-0.2, -0.15) is 0 Å². The monoisotopic (exact) mass is 1140 g/mol. The zero-order valence-electron chi connectivity index (χ0n) is 53.2. The van der Waals surface area contributed by atoms with Gasteiger partial charge in [0, 0.05) is 30.3 Å². The fourth-order valence-electron chi connectivity index (χ4n) is 12.2. The maximum Gasteiger partial charge on any atom is 0.304 e. The topological polar surface area (TPSA) is 60.8 Å². The summed E-state index contributed by atoms with van der Waals surface area (Å²) in [6, 6.07) is -0.127. The number of aliphatic hydroxyl groups is 1. The number of unbranched alkanes of at least 4 members (excludes halogenated alkanes) is 54. The Balaban J connectivity index is 4.48. The van der Waals surface area contributed by atoms with E-state index in [1.807, 2.05) is 0 Å². The van der Waals surface area contributed by atoms with E-state index in [0.29, 0.717) is 11.8 Å². The highest BCUT2D eigenvalue weighted by molar-refractivity contribution is 6.18. The quantitative estimate of drug-likeness (QED) is 0.0276. The van der Waals surface area contributed by atoms with E-state index in [4.69, 9.17) is 23.2 Å². The number of nitrogens with zero attached hydrogens (tertiary/aromatic N) is 1. The third-order valence-corrected chi connectivity index (χ3v) is 18.2. The van der Waals surface area contributed by atoms with Gasteiger partial charge in [0.1, 0.15) is 6.23 Å². The van der Waals surface area contributed by atoms with E-state index < -0.39 is 18.1 Å². The predicted molar refractivity (Wildman–Crippen MR) is 350 cm³/mol.